The molecule has 0 heterocycles. The minimum atomic E-state index is -4.67. The maximum Gasteiger partial charge on any atom is 0.417 e. The highest BCUT2D eigenvalue weighted by Crippen LogP contribution is 2.33. The van der Waals surface area contributed by atoms with Crippen LogP contribution in [-0.2, 0) is 15.7 Å². The molecule has 114 valence electrons. The summed E-state index contributed by atoms with van der Waals surface area (Å²) in [6.45, 7) is 1.05. The molecule has 1 rings (SSSR count). The first-order valence-corrected chi connectivity index (χ1v) is 5.78. The number of ether oxygens (including phenoxy) is 1. The predicted molar refractivity (Wildman–Crippen MR) is 67.7 cm³/mol. The highest BCUT2D eigenvalue weighted by atomic mass is 19.4. The molecule has 0 saturated heterocycles. The molecule has 8 heteroatoms. The molecular formula is C13H13F3N2O3. The Balaban J connectivity index is 3.02. The number of carbonyl (C=O) groups is 1. The summed E-state index contributed by atoms with van der Waals surface area (Å²) < 4.78 is 43.2. The van der Waals surface area contributed by atoms with Gasteiger partial charge in [0.2, 0.25) is 0 Å². The standard InChI is InChI=1S/C13H13F3N2O3/c1-12(21-2,11(19)20)7-18-9-4-3-8(6-17)10(5-9)13(14,15)16/h3-5,18H,7H2,1-2H3,(H,19,20). The van der Waals surface area contributed by atoms with E-state index in [2.05, 4.69) is 5.32 Å². The zero-order valence-corrected chi connectivity index (χ0v) is 11.3. The Morgan fingerprint density at radius 2 is 2.10 bits per heavy atom. The summed E-state index contributed by atoms with van der Waals surface area (Å²) in [5.41, 5.74) is -3.11. The topological polar surface area (TPSA) is 82.3 Å². The number of carboxylic acids is 1. The molecule has 0 fully saturated rings. The molecule has 21 heavy (non-hydrogen) atoms. The van der Waals surface area contributed by atoms with Crippen LogP contribution < -0.4 is 5.32 Å². The molecular weight excluding hydrogens is 289 g/mol. The fourth-order valence-corrected chi connectivity index (χ4v) is 1.49. The zero-order valence-electron chi connectivity index (χ0n) is 11.3. The summed E-state index contributed by atoms with van der Waals surface area (Å²) in [7, 11) is 1.19. The van der Waals surface area contributed by atoms with Gasteiger partial charge in [-0.3, -0.25) is 0 Å². The van der Waals surface area contributed by atoms with Crippen LogP contribution in [0.4, 0.5) is 18.9 Å². The highest BCUT2D eigenvalue weighted by Gasteiger charge is 2.35. The van der Waals surface area contributed by atoms with Crippen molar-refractivity contribution in [3.05, 3.63) is 29.3 Å². The van der Waals surface area contributed by atoms with Crippen LogP contribution in [-0.4, -0.2) is 30.3 Å². The van der Waals surface area contributed by atoms with Crippen LogP contribution in [0.2, 0.25) is 0 Å². The van der Waals surface area contributed by atoms with E-state index in [9.17, 15) is 18.0 Å². The van der Waals surface area contributed by atoms with Crippen LogP contribution in [0.15, 0.2) is 18.2 Å². The molecule has 0 aliphatic carbocycles. The Bertz CT molecular complexity index is 581. The van der Waals surface area contributed by atoms with Gasteiger partial charge in [0.25, 0.3) is 0 Å². The first-order chi connectivity index (χ1) is 9.64. The van der Waals surface area contributed by atoms with Crippen LogP contribution in [0.1, 0.15) is 18.1 Å². The number of alkyl halides is 3. The molecule has 1 aromatic carbocycles. The number of hydrogen-bond donors (Lipinski definition) is 2. The third-order valence-electron chi connectivity index (χ3n) is 2.98. The van der Waals surface area contributed by atoms with E-state index in [0.717, 1.165) is 12.1 Å². The van der Waals surface area contributed by atoms with Crippen molar-refractivity contribution in [1.82, 2.24) is 0 Å². The van der Waals surface area contributed by atoms with E-state index in [4.69, 9.17) is 15.1 Å². The molecule has 1 unspecified atom stereocenters. The number of nitriles is 1. The van der Waals surface area contributed by atoms with E-state index in [-0.39, 0.29) is 12.2 Å². The summed E-state index contributed by atoms with van der Waals surface area (Å²) in [5.74, 6) is -1.25. The van der Waals surface area contributed by atoms with Gasteiger partial charge in [0.15, 0.2) is 5.60 Å². The van der Waals surface area contributed by atoms with Crippen LogP contribution in [0, 0.1) is 11.3 Å². The summed E-state index contributed by atoms with van der Waals surface area (Å²) in [4.78, 5) is 11.0. The van der Waals surface area contributed by atoms with E-state index >= 15 is 0 Å². The third kappa shape index (κ3) is 3.86. The predicted octanol–water partition coefficient (Wildman–Crippen LogP) is 2.48. The van der Waals surface area contributed by atoms with Gasteiger partial charge >= 0.3 is 12.1 Å². The van der Waals surface area contributed by atoms with Crippen molar-refractivity contribution in [2.45, 2.75) is 18.7 Å². The molecule has 0 bridgehead atoms. The minimum Gasteiger partial charge on any atom is -0.479 e. The van der Waals surface area contributed by atoms with Crippen molar-refractivity contribution < 1.29 is 27.8 Å². The van der Waals surface area contributed by atoms with Crippen LogP contribution in [0.5, 0.6) is 0 Å². The molecule has 5 nitrogen and oxygen atoms in total. The molecule has 0 radical (unpaired) electrons. The second kappa shape index (κ2) is 6.01. The number of anilines is 1. The number of aliphatic carboxylic acids is 1. The Kier molecular flexibility index (Phi) is 4.80. The Hall–Kier alpha value is -2.27. The van der Waals surface area contributed by atoms with E-state index in [0.29, 0.717) is 0 Å². The lowest BCUT2D eigenvalue weighted by Gasteiger charge is -2.24. The maximum atomic E-state index is 12.8. The number of rotatable bonds is 5. The minimum absolute atomic E-state index is 0.0471. The Morgan fingerprint density at radius 1 is 1.48 bits per heavy atom. The van der Waals surface area contributed by atoms with Crippen molar-refractivity contribution >= 4 is 11.7 Å². The molecule has 0 amide bonds. The van der Waals surface area contributed by atoms with Crippen LogP contribution in [0.25, 0.3) is 0 Å². The summed E-state index contributed by atoms with van der Waals surface area (Å²) in [6, 6.07) is 4.52. The van der Waals surface area contributed by atoms with E-state index in [1.807, 2.05) is 0 Å². The lowest BCUT2D eigenvalue weighted by atomic mass is 10.1. The zero-order chi connectivity index (χ0) is 16.3. The smallest absolute Gasteiger partial charge is 0.417 e. The number of nitrogens with zero attached hydrogens (tertiary/aromatic N) is 1. The number of methoxy groups -OCH3 is 1. The second-order valence-electron chi connectivity index (χ2n) is 4.46. The summed E-state index contributed by atoms with van der Waals surface area (Å²) >= 11 is 0. The molecule has 0 spiro atoms. The average molecular weight is 302 g/mol. The van der Waals surface area contributed by atoms with Crippen molar-refractivity contribution in [2.75, 3.05) is 19.0 Å². The van der Waals surface area contributed by atoms with Gasteiger partial charge in [-0.05, 0) is 25.1 Å². The van der Waals surface area contributed by atoms with Gasteiger partial charge in [0.1, 0.15) is 0 Å². The van der Waals surface area contributed by atoms with Gasteiger partial charge in [-0.15, -0.1) is 0 Å². The Labute approximate surface area is 118 Å². The lowest BCUT2D eigenvalue weighted by molar-refractivity contribution is -0.158. The van der Waals surface area contributed by atoms with Gasteiger partial charge < -0.3 is 15.2 Å². The largest absolute Gasteiger partial charge is 0.479 e. The van der Waals surface area contributed by atoms with Crippen molar-refractivity contribution in [2.24, 2.45) is 0 Å². The molecule has 0 aliphatic heterocycles. The van der Waals surface area contributed by atoms with Crippen molar-refractivity contribution in [3.8, 4) is 6.07 Å². The van der Waals surface area contributed by atoms with Crippen LogP contribution >= 0.6 is 0 Å². The quantitative estimate of drug-likeness (QED) is 0.873. The number of hydrogen-bond acceptors (Lipinski definition) is 4. The van der Waals surface area contributed by atoms with E-state index in [1.54, 1.807) is 0 Å². The van der Waals surface area contributed by atoms with E-state index in [1.165, 1.54) is 26.2 Å². The van der Waals surface area contributed by atoms with Gasteiger partial charge in [0.05, 0.1) is 23.7 Å². The molecule has 1 atom stereocenters. The van der Waals surface area contributed by atoms with Crippen molar-refractivity contribution in [3.63, 3.8) is 0 Å². The Morgan fingerprint density at radius 3 is 2.52 bits per heavy atom. The summed E-state index contributed by atoms with van der Waals surface area (Å²) in [5, 5.41) is 20.2. The molecule has 0 saturated carbocycles. The number of nitrogens with one attached hydrogen (secondary N) is 1. The molecule has 0 aromatic heterocycles. The fourth-order valence-electron chi connectivity index (χ4n) is 1.49. The fraction of sp³-hybridized carbons (Fsp3) is 0.385. The van der Waals surface area contributed by atoms with E-state index < -0.39 is 28.9 Å². The number of carboxylic acid groups (broad SMARTS) is 1. The highest BCUT2D eigenvalue weighted by molar-refractivity contribution is 5.78. The molecule has 0 aliphatic rings. The van der Waals surface area contributed by atoms with Gasteiger partial charge in [-0.1, -0.05) is 0 Å². The summed E-state index contributed by atoms with van der Waals surface area (Å²) in [6.07, 6.45) is -4.67. The third-order valence-corrected chi connectivity index (χ3v) is 2.98. The molecule has 2 N–H and O–H groups in total. The average Bonchev–Trinajstić information content (AvgIpc) is 2.43. The normalized spacial score (nSPS) is 14.1. The maximum absolute atomic E-state index is 12.8. The van der Waals surface area contributed by atoms with Gasteiger partial charge in [-0.25, -0.2) is 4.79 Å². The first kappa shape index (κ1) is 16.8. The van der Waals surface area contributed by atoms with Crippen LogP contribution in [0.3, 0.4) is 0 Å². The lowest BCUT2D eigenvalue weighted by Crippen LogP contribution is -2.43. The molecule has 1 aromatic rings. The number of benzene rings is 1. The van der Waals surface area contributed by atoms with Gasteiger partial charge in [-0.2, -0.15) is 18.4 Å². The second-order valence-corrected chi connectivity index (χ2v) is 4.46. The number of halogens is 3. The van der Waals surface area contributed by atoms with Crippen molar-refractivity contribution in [1.29, 1.82) is 5.26 Å². The van der Waals surface area contributed by atoms with Gasteiger partial charge in [0, 0.05) is 12.8 Å². The first-order valence-electron chi connectivity index (χ1n) is 5.78. The monoisotopic (exact) mass is 302 g/mol. The SMILES string of the molecule is COC(C)(CNc1ccc(C#N)c(C(F)(F)F)c1)C(=O)O.